The standard InChI is InChI=1S/C18H25N3O4/c1-13-4-5-15-14(12-13)20(3)17(23)18(2,25-15)16(22)19-6-7-21-8-10-24-11-9-21/h4-5,12H,6-11H2,1-3H3,(H,19,22). The third-order valence-corrected chi connectivity index (χ3v) is 4.75. The van der Waals surface area contributed by atoms with Crippen molar-refractivity contribution in [3.63, 3.8) is 0 Å². The van der Waals surface area contributed by atoms with E-state index < -0.39 is 11.5 Å². The third kappa shape index (κ3) is 3.48. The molecular formula is C18H25N3O4. The van der Waals surface area contributed by atoms with Crippen molar-refractivity contribution in [2.45, 2.75) is 19.4 Å². The van der Waals surface area contributed by atoms with Crippen LogP contribution in [0.1, 0.15) is 12.5 Å². The highest BCUT2D eigenvalue weighted by Crippen LogP contribution is 2.37. The molecule has 0 spiro atoms. The number of anilines is 1. The van der Waals surface area contributed by atoms with Crippen LogP contribution >= 0.6 is 0 Å². The Balaban J connectivity index is 1.66. The lowest BCUT2D eigenvalue weighted by atomic mass is 10.00. The van der Waals surface area contributed by atoms with Crippen LogP contribution in [0.5, 0.6) is 5.75 Å². The van der Waals surface area contributed by atoms with Crippen molar-refractivity contribution in [1.29, 1.82) is 0 Å². The maximum Gasteiger partial charge on any atom is 0.280 e. The third-order valence-electron chi connectivity index (χ3n) is 4.75. The molecule has 1 atom stereocenters. The number of hydrogen-bond acceptors (Lipinski definition) is 5. The van der Waals surface area contributed by atoms with Gasteiger partial charge in [-0.05, 0) is 31.5 Å². The van der Waals surface area contributed by atoms with Gasteiger partial charge in [-0.15, -0.1) is 0 Å². The lowest BCUT2D eigenvalue weighted by molar-refractivity contribution is -0.148. The van der Waals surface area contributed by atoms with E-state index in [2.05, 4.69) is 10.2 Å². The van der Waals surface area contributed by atoms with Crippen molar-refractivity contribution < 1.29 is 19.1 Å². The Morgan fingerprint density at radius 2 is 2.04 bits per heavy atom. The number of morpholine rings is 1. The maximum atomic E-state index is 12.7. The van der Waals surface area contributed by atoms with Crippen molar-refractivity contribution in [3.8, 4) is 5.75 Å². The maximum absolute atomic E-state index is 12.7. The number of nitrogens with one attached hydrogen (secondary N) is 1. The SMILES string of the molecule is Cc1ccc2c(c1)N(C)C(=O)C(C)(C(=O)NCCN1CCOCC1)O2. The highest BCUT2D eigenvalue weighted by molar-refractivity contribution is 6.16. The fourth-order valence-electron chi connectivity index (χ4n) is 3.13. The van der Waals surface area contributed by atoms with E-state index in [1.807, 2.05) is 19.1 Å². The van der Waals surface area contributed by atoms with E-state index >= 15 is 0 Å². The average molecular weight is 347 g/mol. The Kier molecular flexibility index (Phi) is 4.96. The number of carbonyl (C=O) groups is 2. The molecule has 3 rings (SSSR count). The lowest BCUT2D eigenvalue weighted by Gasteiger charge is -2.38. The number of aryl methyl sites for hydroxylation is 1. The van der Waals surface area contributed by atoms with Crippen LogP contribution in [0.15, 0.2) is 18.2 Å². The van der Waals surface area contributed by atoms with Gasteiger partial charge in [-0.3, -0.25) is 14.5 Å². The Bertz CT molecular complexity index is 672. The fourth-order valence-corrected chi connectivity index (χ4v) is 3.13. The second kappa shape index (κ2) is 7.01. The van der Waals surface area contributed by atoms with Crippen molar-refractivity contribution in [1.82, 2.24) is 10.2 Å². The summed E-state index contributed by atoms with van der Waals surface area (Å²) in [6, 6.07) is 5.58. The van der Waals surface area contributed by atoms with E-state index in [4.69, 9.17) is 9.47 Å². The Labute approximate surface area is 147 Å². The van der Waals surface area contributed by atoms with E-state index in [1.165, 1.54) is 11.8 Å². The van der Waals surface area contributed by atoms with Gasteiger partial charge >= 0.3 is 0 Å². The summed E-state index contributed by atoms with van der Waals surface area (Å²) in [6.07, 6.45) is 0. The number of likely N-dealkylation sites (N-methyl/N-ethyl adjacent to an activating group) is 1. The summed E-state index contributed by atoms with van der Waals surface area (Å²) in [4.78, 5) is 29.1. The zero-order valence-corrected chi connectivity index (χ0v) is 15.0. The molecule has 25 heavy (non-hydrogen) atoms. The van der Waals surface area contributed by atoms with E-state index in [0.29, 0.717) is 31.2 Å². The number of ether oxygens (including phenoxy) is 2. The van der Waals surface area contributed by atoms with Gasteiger partial charge in [0.1, 0.15) is 5.75 Å². The van der Waals surface area contributed by atoms with Gasteiger partial charge in [0.15, 0.2) is 0 Å². The predicted octanol–water partition coefficient (Wildman–Crippen LogP) is 0.557. The van der Waals surface area contributed by atoms with Gasteiger partial charge < -0.3 is 19.7 Å². The van der Waals surface area contributed by atoms with Crippen LogP contribution in [-0.4, -0.2) is 68.8 Å². The van der Waals surface area contributed by atoms with Crippen molar-refractivity contribution in [2.24, 2.45) is 0 Å². The molecular weight excluding hydrogens is 322 g/mol. The van der Waals surface area contributed by atoms with E-state index in [0.717, 1.165) is 25.2 Å². The molecule has 0 bridgehead atoms. The summed E-state index contributed by atoms with van der Waals surface area (Å²) in [5, 5.41) is 2.84. The van der Waals surface area contributed by atoms with E-state index in [9.17, 15) is 9.59 Å². The summed E-state index contributed by atoms with van der Waals surface area (Å²) in [5.41, 5.74) is 0.159. The van der Waals surface area contributed by atoms with Gasteiger partial charge in [0.05, 0.1) is 18.9 Å². The van der Waals surface area contributed by atoms with Crippen LogP contribution in [0.4, 0.5) is 5.69 Å². The Hall–Kier alpha value is -2.12. The molecule has 0 aliphatic carbocycles. The first kappa shape index (κ1) is 17.7. The summed E-state index contributed by atoms with van der Waals surface area (Å²) < 4.78 is 11.1. The molecule has 1 saturated heterocycles. The van der Waals surface area contributed by atoms with Crippen molar-refractivity contribution >= 4 is 17.5 Å². The van der Waals surface area contributed by atoms with Crippen LogP contribution in [0.3, 0.4) is 0 Å². The molecule has 0 aromatic heterocycles. The predicted molar refractivity (Wildman–Crippen MR) is 93.9 cm³/mol. The topological polar surface area (TPSA) is 71.1 Å². The molecule has 2 amide bonds. The number of carbonyl (C=O) groups excluding carboxylic acids is 2. The Morgan fingerprint density at radius 3 is 2.76 bits per heavy atom. The fraction of sp³-hybridized carbons (Fsp3) is 0.556. The summed E-state index contributed by atoms with van der Waals surface area (Å²) in [7, 11) is 1.67. The molecule has 1 unspecified atom stereocenters. The van der Waals surface area contributed by atoms with Crippen molar-refractivity contribution in [3.05, 3.63) is 23.8 Å². The molecule has 7 heteroatoms. The summed E-state index contributed by atoms with van der Waals surface area (Å²) in [6.45, 7) is 7.82. The highest BCUT2D eigenvalue weighted by atomic mass is 16.5. The first-order chi connectivity index (χ1) is 11.9. The van der Waals surface area contributed by atoms with Crippen LogP contribution in [0, 0.1) is 6.92 Å². The summed E-state index contributed by atoms with van der Waals surface area (Å²) >= 11 is 0. The molecule has 0 saturated carbocycles. The van der Waals surface area contributed by atoms with Gasteiger partial charge in [0.2, 0.25) is 0 Å². The zero-order chi connectivity index (χ0) is 18.0. The number of amides is 2. The molecule has 0 radical (unpaired) electrons. The second-order valence-electron chi connectivity index (χ2n) is 6.68. The molecule has 1 N–H and O–H groups in total. The van der Waals surface area contributed by atoms with Gasteiger partial charge in [-0.1, -0.05) is 6.07 Å². The van der Waals surface area contributed by atoms with E-state index in [-0.39, 0.29) is 5.91 Å². The number of rotatable bonds is 4. The monoisotopic (exact) mass is 347 g/mol. The number of benzene rings is 1. The van der Waals surface area contributed by atoms with Gasteiger partial charge in [0, 0.05) is 33.2 Å². The van der Waals surface area contributed by atoms with E-state index in [1.54, 1.807) is 13.1 Å². The summed E-state index contributed by atoms with van der Waals surface area (Å²) in [5.74, 6) is -0.239. The second-order valence-corrected chi connectivity index (χ2v) is 6.68. The van der Waals surface area contributed by atoms with Gasteiger partial charge in [-0.2, -0.15) is 0 Å². The molecule has 1 aromatic rings. The lowest BCUT2D eigenvalue weighted by Crippen LogP contribution is -2.62. The van der Waals surface area contributed by atoms with Crippen LogP contribution in [0.2, 0.25) is 0 Å². The molecule has 7 nitrogen and oxygen atoms in total. The first-order valence-electron chi connectivity index (χ1n) is 8.58. The first-order valence-corrected chi connectivity index (χ1v) is 8.58. The number of fused-ring (bicyclic) bond motifs is 1. The minimum atomic E-state index is -1.55. The normalized spacial score (nSPS) is 23.8. The quantitative estimate of drug-likeness (QED) is 0.806. The van der Waals surface area contributed by atoms with Gasteiger partial charge in [-0.25, -0.2) is 0 Å². The molecule has 2 aliphatic rings. The minimum absolute atomic E-state index is 0.366. The smallest absolute Gasteiger partial charge is 0.280 e. The highest BCUT2D eigenvalue weighted by Gasteiger charge is 2.49. The molecule has 2 aliphatic heterocycles. The van der Waals surface area contributed by atoms with Crippen LogP contribution in [-0.2, 0) is 14.3 Å². The zero-order valence-electron chi connectivity index (χ0n) is 15.0. The largest absolute Gasteiger partial charge is 0.466 e. The van der Waals surface area contributed by atoms with Crippen molar-refractivity contribution in [2.75, 3.05) is 51.3 Å². The minimum Gasteiger partial charge on any atom is -0.466 e. The van der Waals surface area contributed by atoms with Gasteiger partial charge in [0.25, 0.3) is 17.4 Å². The van der Waals surface area contributed by atoms with Crippen LogP contribution < -0.4 is 15.0 Å². The molecule has 136 valence electrons. The average Bonchev–Trinajstić information content (AvgIpc) is 2.61. The number of hydrogen-bond donors (Lipinski definition) is 1. The molecule has 1 fully saturated rings. The molecule has 1 aromatic carbocycles. The van der Waals surface area contributed by atoms with Crippen LogP contribution in [0.25, 0.3) is 0 Å². The number of nitrogens with zero attached hydrogens (tertiary/aromatic N) is 2. The molecule has 2 heterocycles. The Morgan fingerprint density at radius 1 is 1.32 bits per heavy atom.